The van der Waals surface area contributed by atoms with Crippen LogP contribution in [0.4, 0.5) is 0 Å². The molecule has 2 fully saturated rings. The maximum atomic E-state index is 3.84. The molecule has 1 N–H and O–H groups in total. The van der Waals surface area contributed by atoms with Crippen LogP contribution in [0.2, 0.25) is 0 Å². The minimum absolute atomic E-state index is 0.361. The summed E-state index contributed by atoms with van der Waals surface area (Å²) < 4.78 is 0. The fourth-order valence-electron chi connectivity index (χ4n) is 4.27. The van der Waals surface area contributed by atoms with Crippen LogP contribution >= 0.6 is 0 Å². The van der Waals surface area contributed by atoms with Crippen LogP contribution in [0.15, 0.2) is 0 Å². The van der Waals surface area contributed by atoms with Gasteiger partial charge < -0.3 is 5.32 Å². The molecule has 1 aliphatic heterocycles. The molecule has 2 nitrogen and oxygen atoms in total. The smallest absolute Gasteiger partial charge is 0.0304 e. The number of rotatable bonds is 3. The van der Waals surface area contributed by atoms with E-state index in [0.717, 1.165) is 12.6 Å². The highest BCUT2D eigenvalue weighted by Crippen LogP contribution is 2.41. The SMILES string of the molecule is CCC1(CC)CN(C2CCCCC2(C)C)C(C)CN1. The van der Waals surface area contributed by atoms with Crippen molar-refractivity contribution in [2.75, 3.05) is 13.1 Å². The Morgan fingerprint density at radius 1 is 1.16 bits per heavy atom. The van der Waals surface area contributed by atoms with Gasteiger partial charge in [-0.1, -0.05) is 40.5 Å². The van der Waals surface area contributed by atoms with E-state index in [1.165, 1.54) is 45.1 Å². The van der Waals surface area contributed by atoms with E-state index in [1.807, 2.05) is 0 Å². The monoisotopic (exact) mass is 266 g/mol. The summed E-state index contributed by atoms with van der Waals surface area (Å²) in [4.78, 5) is 2.85. The molecule has 112 valence electrons. The Kier molecular flexibility index (Phi) is 4.62. The van der Waals surface area contributed by atoms with Crippen LogP contribution in [0, 0.1) is 5.41 Å². The van der Waals surface area contributed by atoms with Crippen LogP contribution in [0.3, 0.4) is 0 Å². The minimum Gasteiger partial charge on any atom is -0.308 e. The molecule has 2 atom stereocenters. The van der Waals surface area contributed by atoms with E-state index in [-0.39, 0.29) is 0 Å². The highest BCUT2D eigenvalue weighted by molar-refractivity contribution is 5.01. The number of hydrogen-bond acceptors (Lipinski definition) is 2. The predicted octanol–water partition coefficient (Wildman–Crippen LogP) is 3.81. The fraction of sp³-hybridized carbons (Fsp3) is 1.00. The lowest BCUT2D eigenvalue weighted by molar-refractivity contribution is -0.0231. The second-order valence-electron chi connectivity index (χ2n) is 7.64. The van der Waals surface area contributed by atoms with Crippen molar-refractivity contribution >= 4 is 0 Å². The average molecular weight is 266 g/mol. The van der Waals surface area contributed by atoms with Gasteiger partial charge in [-0.25, -0.2) is 0 Å². The molecule has 1 heterocycles. The largest absolute Gasteiger partial charge is 0.308 e. The zero-order valence-electron chi connectivity index (χ0n) is 13.8. The van der Waals surface area contributed by atoms with Crippen molar-refractivity contribution in [2.24, 2.45) is 5.41 Å². The Balaban J connectivity index is 2.16. The van der Waals surface area contributed by atoms with Gasteiger partial charge in [-0.3, -0.25) is 4.90 Å². The maximum absolute atomic E-state index is 3.84. The third-order valence-electron chi connectivity index (χ3n) is 6.03. The summed E-state index contributed by atoms with van der Waals surface area (Å²) >= 11 is 0. The van der Waals surface area contributed by atoms with Gasteiger partial charge in [0.1, 0.15) is 0 Å². The fourth-order valence-corrected chi connectivity index (χ4v) is 4.27. The molecule has 0 aromatic heterocycles. The molecule has 2 heteroatoms. The minimum atomic E-state index is 0.361. The van der Waals surface area contributed by atoms with Crippen molar-refractivity contribution in [2.45, 2.75) is 90.8 Å². The van der Waals surface area contributed by atoms with E-state index in [1.54, 1.807) is 0 Å². The van der Waals surface area contributed by atoms with E-state index < -0.39 is 0 Å². The Morgan fingerprint density at radius 3 is 2.42 bits per heavy atom. The van der Waals surface area contributed by atoms with E-state index in [2.05, 4.69) is 44.8 Å². The predicted molar refractivity (Wildman–Crippen MR) is 83.5 cm³/mol. The molecule has 0 bridgehead atoms. The van der Waals surface area contributed by atoms with Gasteiger partial charge >= 0.3 is 0 Å². The zero-order chi connectivity index (χ0) is 14.1. The third kappa shape index (κ3) is 3.00. The molecule has 0 radical (unpaired) electrons. The van der Waals surface area contributed by atoms with Crippen LogP contribution < -0.4 is 5.32 Å². The van der Waals surface area contributed by atoms with Crippen LogP contribution in [0.5, 0.6) is 0 Å². The molecule has 0 spiro atoms. The highest BCUT2D eigenvalue weighted by atomic mass is 15.3. The van der Waals surface area contributed by atoms with Gasteiger partial charge in [-0.05, 0) is 38.0 Å². The molecule has 19 heavy (non-hydrogen) atoms. The van der Waals surface area contributed by atoms with Crippen molar-refractivity contribution in [1.29, 1.82) is 0 Å². The second-order valence-corrected chi connectivity index (χ2v) is 7.64. The first-order chi connectivity index (χ1) is 8.94. The first-order valence-corrected chi connectivity index (χ1v) is 8.45. The lowest BCUT2D eigenvalue weighted by Gasteiger charge is -2.54. The van der Waals surface area contributed by atoms with Crippen LogP contribution in [-0.4, -0.2) is 35.6 Å². The van der Waals surface area contributed by atoms with Gasteiger partial charge in [0.05, 0.1) is 0 Å². The van der Waals surface area contributed by atoms with Crippen LogP contribution in [0.25, 0.3) is 0 Å². The van der Waals surface area contributed by atoms with Crippen LogP contribution in [0.1, 0.15) is 73.1 Å². The van der Waals surface area contributed by atoms with E-state index >= 15 is 0 Å². The molecular formula is C17H34N2. The van der Waals surface area contributed by atoms with E-state index in [0.29, 0.717) is 17.0 Å². The second kappa shape index (κ2) is 5.73. The molecule has 1 saturated carbocycles. The standard InChI is InChI=1S/C17H34N2/c1-6-17(7-2)13-19(14(3)12-18-17)15-10-8-9-11-16(15,4)5/h14-15,18H,6-13H2,1-5H3. The molecule has 1 aliphatic carbocycles. The number of hydrogen-bond donors (Lipinski definition) is 1. The maximum Gasteiger partial charge on any atom is 0.0304 e. The molecule has 1 saturated heterocycles. The van der Waals surface area contributed by atoms with Gasteiger partial charge in [0, 0.05) is 30.7 Å². The Labute approximate surface area is 120 Å². The first kappa shape index (κ1) is 15.3. The molecule has 2 rings (SSSR count). The number of piperazine rings is 1. The van der Waals surface area contributed by atoms with Gasteiger partial charge in [-0.2, -0.15) is 0 Å². The van der Waals surface area contributed by atoms with E-state index in [4.69, 9.17) is 0 Å². The number of nitrogens with zero attached hydrogens (tertiary/aromatic N) is 1. The Hall–Kier alpha value is -0.0800. The van der Waals surface area contributed by atoms with Crippen molar-refractivity contribution in [3.8, 4) is 0 Å². The van der Waals surface area contributed by atoms with Gasteiger partial charge in [0.15, 0.2) is 0 Å². The lowest BCUT2D eigenvalue weighted by Crippen LogP contribution is -2.67. The Bertz CT molecular complexity index is 294. The normalized spacial score (nSPS) is 35.2. The zero-order valence-corrected chi connectivity index (χ0v) is 13.8. The summed E-state index contributed by atoms with van der Waals surface area (Å²) in [6, 6.07) is 1.48. The van der Waals surface area contributed by atoms with Crippen molar-refractivity contribution < 1.29 is 0 Å². The topological polar surface area (TPSA) is 15.3 Å². The van der Waals surface area contributed by atoms with Gasteiger partial charge in [0.2, 0.25) is 0 Å². The summed E-state index contributed by atoms with van der Waals surface area (Å²) in [5, 5.41) is 3.84. The summed E-state index contributed by atoms with van der Waals surface area (Å²) in [6.07, 6.45) is 8.16. The summed E-state index contributed by atoms with van der Waals surface area (Å²) in [5.74, 6) is 0. The van der Waals surface area contributed by atoms with E-state index in [9.17, 15) is 0 Å². The molecule has 0 aromatic carbocycles. The summed E-state index contributed by atoms with van der Waals surface area (Å²) in [7, 11) is 0. The molecule has 2 aliphatic rings. The molecule has 0 amide bonds. The lowest BCUT2D eigenvalue weighted by atomic mass is 9.71. The third-order valence-corrected chi connectivity index (χ3v) is 6.03. The van der Waals surface area contributed by atoms with Crippen LogP contribution in [-0.2, 0) is 0 Å². The highest BCUT2D eigenvalue weighted by Gasteiger charge is 2.43. The summed E-state index contributed by atoms with van der Waals surface area (Å²) in [6.45, 7) is 14.5. The number of nitrogens with one attached hydrogen (secondary N) is 1. The van der Waals surface area contributed by atoms with Crippen molar-refractivity contribution in [3.63, 3.8) is 0 Å². The van der Waals surface area contributed by atoms with Crippen molar-refractivity contribution in [3.05, 3.63) is 0 Å². The average Bonchev–Trinajstić information content (AvgIpc) is 2.40. The molecule has 0 aromatic rings. The summed E-state index contributed by atoms with van der Waals surface area (Å²) in [5.41, 5.74) is 0.858. The first-order valence-electron chi connectivity index (χ1n) is 8.45. The van der Waals surface area contributed by atoms with Crippen molar-refractivity contribution in [1.82, 2.24) is 10.2 Å². The molecular weight excluding hydrogens is 232 g/mol. The molecule has 2 unspecified atom stereocenters. The quantitative estimate of drug-likeness (QED) is 0.835. The van der Waals surface area contributed by atoms with Gasteiger partial charge in [-0.15, -0.1) is 0 Å². The Morgan fingerprint density at radius 2 is 1.84 bits per heavy atom. The van der Waals surface area contributed by atoms with Gasteiger partial charge in [0.25, 0.3) is 0 Å².